The zero-order chi connectivity index (χ0) is 13.0. The SMILES string of the molecule is CCC(N)c1cccc(-c2cccc(OC)c2)c1. The summed E-state index contributed by atoms with van der Waals surface area (Å²) in [5, 5.41) is 0. The van der Waals surface area contributed by atoms with Crippen molar-refractivity contribution >= 4 is 0 Å². The Morgan fingerprint density at radius 2 is 1.72 bits per heavy atom. The molecule has 94 valence electrons. The molecule has 0 fully saturated rings. The number of benzene rings is 2. The van der Waals surface area contributed by atoms with Gasteiger partial charge in [0.05, 0.1) is 7.11 Å². The van der Waals surface area contributed by atoms with Crippen molar-refractivity contribution in [2.45, 2.75) is 19.4 Å². The lowest BCUT2D eigenvalue weighted by Crippen LogP contribution is -2.08. The summed E-state index contributed by atoms with van der Waals surface area (Å²) in [5.41, 5.74) is 9.58. The smallest absolute Gasteiger partial charge is 0.119 e. The zero-order valence-corrected chi connectivity index (χ0v) is 10.9. The Labute approximate surface area is 108 Å². The fraction of sp³-hybridized carbons (Fsp3) is 0.250. The highest BCUT2D eigenvalue weighted by Gasteiger charge is 2.05. The maximum Gasteiger partial charge on any atom is 0.119 e. The van der Waals surface area contributed by atoms with Crippen LogP contribution in [0.15, 0.2) is 48.5 Å². The van der Waals surface area contributed by atoms with Crippen LogP contribution in [0.1, 0.15) is 24.9 Å². The van der Waals surface area contributed by atoms with E-state index in [-0.39, 0.29) is 6.04 Å². The minimum Gasteiger partial charge on any atom is -0.497 e. The number of ether oxygens (including phenoxy) is 1. The Morgan fingerprint density at radius 1 is 1.06 bits per heavy atom. The fourth-order valence-corrected chi connectivity index (χ4v) is 1.99. The summed E-state index contributed by atoms with van der Waals surface area (Å²) in [4.78, 5) is 0. The van der Waals surface area contributed by atoms with Crippen LogP contribution in [0.2, 0.25) is 0 Å². The summed E-state index contributed by atoms with van der Waals surface area (Å²) in [6.07, 6.45) is 0.946. The van der Waals surface area contributed by atoms with Gasteiger partial charge in [0.2, 0.25) is 0 Å². The fourth-order valence-electron chi connectivity index (χ4n) is 1.99. The summed E-state index contributed by atoms with van der Waals surface area (Å²) in [7, 11) is 1.68. The normalized spacial score (nSPS) is 12.2. The molecule has 2 N–H and O–H groups in total. The van der Waals surface area contributed by atoms with Crippen molar-refractivity contribution in [1.82, 2.24) is 0 Å². The van der Waals surface area contributed by atoms with E-state index in [1.165, 1.54) is 11.1 Å². The largest absolute Gasteiger partial charge is 0.497 e. The molecule has 0 aliphatic heterocycles. The van der Waals surface area contributed by atoms with Crippen molar-refractivity contribution in [2.24, 2.45) is 5.73 Å². The number of hydrogen-bond acceptors (Lipinski definition) is 2. The van der Waals surface area contributed by atoms with Gasteiger partial charge in [-0.2, -0.15) is 0 Å². The van der Waals surface area contributed by atoms with E-state index >= 15 is 0 Å². The van der Waals surface area contributed by atoms with Crippen LogP contribution < -0.4 is 10.5 Å². The average Bonchev–Trinajstić information content (AvgIpc) is 2.46. The average molecular weight is 241 g/mol. The maximum absolute atomic E-state index is 6.07. The first kappa shape index (κ1) is 12.7. The molecule has 18 heavy (non-hydrogen) atoms. The molecule has 2 aromatic rings. The second-order valence-corrected chi connectivity index (χ2v) is 4.37. The molecule has 0 heterocycles. The number of nitrogens with two attached hydrogens (primary N) is 1. The molecule has 0 aliphatic rings. The zero-order valence-electron chi connectivity index (χ0n) is 10.9. The molecule has 2 rings (SSSR count). The van der Waals surface area contributed by atoms with Gasteiger partial charge in [0.25, 0.3) is 0 Å². The summed E-state index contributed by atoms with van der Waals surface area (Å²) in [6, 6.07) is 16.6. The highest BCUT2D eigenvalue weighted by molar-refractivity contribution is 5.65. The van der Waals surface area contributed by atoms with Crippen LogP contribution in [0, 0.1) is 0 Å². The van der Waals surface area contributed by atoms with Crippen LogP contribution in [-0.4, -0.2) is 7.11 Å². The van der Waals surface area contributed by atoms with Gasteiger partial charge in [-0.25, -0.2) is 0 Å². The quantitative estimate of drug-likeness (QED) is 0.884. The molecular weight excluding hydrogens is 222 g/mol. The van der Waals surface area contributed by atoms with E-state index in [0.717, 1.165) is 17.7 Å². The van der Waals surface area contributed by atoms with Gasteiger partial charge in [-0.15, -0.1) is 0 Å². The van der Waals surface area contributed by atoms with Crippen molar-refractivity contribution in [3.63, 3.8) is 0 Å². The summed E-state index contributed by atoms with van der Waals surface area (Å²) in [5.74, 6) is 0.873. The van der Waals surface area contributed by atoms with Crippen molar-refractivity contribution in [2.75, 3.05) is 7.11 Å². The molecular formula is C16H19NO. The Kier molecular flexibility index (Phi) is 4.00. The molecule has 2 aromatic carbocycles. The molecule has 0 spiro atoms. The highest BCUT2D eigenvalue weighted by Crippen LogP contribution is 2.26. The van der Waals surface area contributed by atoms with E-state index in [4.69, 9.17) is 10.5 Å². The van der Waals surface area contributed by atoms with E-state index in [9.17, 15) is 0 Å². The van der Waals surface area contributed by atoms with E-state index in [1.807, 2.05) is 18.2 Å². The number of methoxy groups -OCH3 is 1. The highest BCUT2D eigenvalue weighted by atomic mass is 16.5. The van der Waals surface area contributed by atoms with Gasteiger partial charge in [-0.3, -0.25) is 0 Å². The van der Waals surface area contributed by atoms with Gasteiger partial charge in [0, 0.05) is 6.04 Å². The van der Waals surface area contributed by atoms with E-state index in [2.05, 4.69) is 37.3 Å². The Hall–Kier alpha value is -1.80. The van der Waals surface area contributed by atoms with Crippen molar-refractivity contribution in [3.05, 3.63) is 54.1 Å². The number of hydrogen-bond donors (Lipinski definition) is 1. The standard InChI is InChI=1S/C16H19NO/c1-3-16(17)14-8-4-6-12(10-14)13-7-5-9-15(11-13)18-2/h4-11,16H,3,17H2,1-2H3. The molecule has 1 atom stereocenters. The van der Waals surface area contributed by atoms with E-state index < -0.39 is 0 Å². The Bertz CT molecular complexity index is 522. The van der Waals surface area contributed by atoms with Gasteiger partial charge in [0.1, 0.15) is 5.75 Å². The predicted molar refractivity (Wildman–Crippen MR) is 75.6 cm³/mol. The third kappa shape index (κ3) is 2.71. The summed E-state index contributed by atoms with van der Waals surface area (Å²) in [6.45, 7) is 2.10. The molecule has 0 radical (unpaired) electrons. The van der Waals surface area contributed by atoms with Gasteiger partial charge in [0.15, 0.2) is 0 Å². The summed E-state index contributed by atoms with van der Waals surface area (Å²) < 4.78 is 5.25. The minimum absolute atomic E-state index is 0.107. The lowest BCUT2D eigenvalue weighted by molar-refractivity contribution is 0.415. The lowest BCUT2D eigenvalue weighted by Gasteiger charge is -2.11. The minimum atomic E-state index is 0.107. The van der Waals surface area contributed by atoms with Crippen molar-refractivity contribution in [1.29, 1.82) is 0 Å². The van der Waals surface area contributed by atoms with Crippen LogP contribution in [0.5, 0.6) is 5.75 Å². The Morgan fingerprint density at radius 3 is 2.39 bits per heavy atom. The third-order valence-electron chi connectivity index (χ3n) is 3.16. The molecule has 0 aromatic heterocycles. The van der Waals surface area contributed by atoms with Gasteiger partial charge >= 0.3 is 0 Å². The summed E-state index contributed by atoms with van der Waals surface area (Å²) >= 11 is 0. The maximum atomic E-state index is 6.07. The topological polar surface area (TPSA) is 35.2 Å². The molecule has 0 saturated heterocycles. The molecule has 0 saturated carbocycles. The molecule has 0 amide bonds. The van der Waals surface area contributed by atoms with E-state index in [0.29, 0.717) is 0 Å². The predicted octanol–water partition coefficient (Wildman–Crippen LogP) is 3.77. The van der Waals surface area contributed by atoms with Crippen LogP contribution in [0.4, 0.5) is 0 Å². The van der Waals surface area contributed by atoms with E-state index in [1.54, 1.807) is 7.11 Å². The lowest BCUT2D eigenvalue weighted by atomic mass is 9.99. The monoisotopic (exact) mass is 241 g/mol. The first-order valence-corrected chi connectivity index (χ1v) is 6.24. The molecule has 1 unspecified atom stereocenters. The molecule has 2 nitrogen and oxygen atoms in total. The molecule has 0 aliphatic carbocycles. The van der Waals surface area contributed by atoms with Crippen molar-refractivity contribution < 1.29 is 4.74 Å². The van der Waals surface area contributed by atoms with Crippen LogP contribution in [-0.2, 0) is 0 Å². The molecule has 2 heteroatoms. The van der Waals surface area contributed by atoms with Crippen molar-refractivity contribution in [3.8, 4) is 16.9 Å². The van der Waals surface area contributed by atoms with Gasteiger partial charge in [-0.1, -0.05) is 37.3 Å². The molecule has 0 bridgehead atoms. The third-order valence-corrected chi connectivity index (χ3v) is 3.16. The first-order chi connectivity index (χ1) is 8.74. The van der Waals surface area contributed by atoms with Crippen LogP contribution in [0.3, 0.4) is 0 Å². The second kappa shape index (κ2) is 5.69. The Balaban J connectivity index is 2.38. The van der Waals surface area contributed by atoms with Gasteiger partial charge < -0.3 is 10.5 Å². The van der Waals surface area contributed by atoms with Crippen LogP contribution >= 0.6 is 0 Å². The van der Waals surface area contributed by atoms with Crippen LogP contribution in [0.25, 0.3) is 11.1 Å². The van der Waals surface area contributed by atoms with Gasteiger partial charge in [-0.05, 0) is 41.3 Å². The second-order valence-electron chi connectivity index (χ2n) is 4.37. The number of rotatable bonds is 4. The first-order valence-electron chi connectivity index (χ1n) is 6.24.